The minimum atomic E-state index is 0.0911. The van der Waals surface area contributed by atoms with E-state index >= 15 is 0 Å². The maximum absolute atomic E-state index is 11.3. The van der Waals surface area contributed by atoms with Crippen LogP contribution < -0.4 is 4.90 Å². The Morgan fingerprint density at radius 1 is 1.53 bits per heavy atom. The summed E-state index contributed by atoms with van der Waals surface area (Å²) >= 11 is 3.53. The molecule has 0 aliphatic carbocycles. The van der Waals surface area contributed by atoms with Gasteiger partial charge in [-0.25, -0.2) is 0 Å². The molecule has 1 aliphatic rings. The molecule has 0 bridgehead atoms. The highest BCUT2D eigenvalue weighted by Gasteiger charge is 2.23. The van der Waals surface area contributed by atoms with Gasteiger partial charge in [0, 0.05) is 30.2 Å². The van der Waals surface area contributed by atoms with Crippen LogP contribution in [0.15, 0.2) is 22.7 Å². The Hall–Kier alpha value is -0.870. The fourth-order valence-electron chi connectivity index (χ4n) is 2.12. The lowest BCUT2D eigenvalue weighted by molar-refractivity contribution is 0.101. The standard InChI is InChI=1S/C13H16BrNO2/c1-9(16)10-3-4-13(12(14)7-10)15-6-5-11(8-15)17-2/h3-4,7,11H,5-6,8H2,1-2H3. The third-order valence-corrected chi connectivity index (χ3v) is 3.81. The molecule has 0 radical (unpaired) electrons. The van der Waals surface area contributed by atoms with Gasteiger partial charge in [-0.2, -0.15) is 0 Å². The first-order valence-corrected chi connectivity index (χ1v) is 6.49. The molecule has 1 aromatic carbocycles. The molecule has 0 amide bonds. The summed E-state index contributed by atoms with van der Waals surface area (Å²) in [7, 11) is 1.75. The predicted octanol–water partition coefficient (Wildman–Crippen LogP) is 2.88. The zero-order valence-electron chi connectivity index (χ0n) is 10.1. The summed E-state index contributed by atoms with van der Waals surface area (Å²) in [6.07, 6.45) is 1.37. The first-order chi connectivity index (χ1) is 8.11. The molecule has 1 heterocycles. The van der Waals surface area contributed by atoms with Gasteiger partial charge in [0.1, 0.15) is 0 Å². The van der Waals surface area contributed by atoms with Gasteiger partial charge in [0.25, 0.3) is 0 Å². The highest BCUT2D eigenvalue weighted by molar-refractivity contribution is 9.10. The molecule has 0 spiro atoms. The third-order valence-electron chi connectivity index (χ3n) is 3.17. The van der Waals surface area contributed by atoms with Gasteiger partial charge in [-0.05, 0) is 47.5 Å². The summed E-state index contributed by atoms with van der Waals surface area (Å²) in [6.45, 7) is 3.49. The van der Waals surface area contributed by atoms with E-state index in [1.54, 1.807) is 14.0 Å². The van der Waals surface area contributed by atoms with Crippen LogP contribution in [0.4, 0.5) is 5.69 Å². The molecular weight excluding hydrogens is 282 g/mol. The highest BCUT2D eigenvalue weighted by Crippen LogP contribution is 2.30. The van der Waals surface area contributed by atoms with E-state index in [2.05, 4.69) is 20.8 Å². The second-order valence-electron chi connectivity index (χ2n) is 4.31. The second kappa shape index (κ2) is 5.19. The minimum Gasteiger partial charge on any atom is -0.380 e. The van der Waals surface area contributed by atoms with E-state index in [9.17, 15) is 4.79 Å². The number of halogens is 1. The number of ether oxygens (including phenoxy) is 1. The first kappa shape index (κ1) is 12.6. The number of nitrogens with zero attached hydrogens (tertiary/aromatic N) is 1. The van der Waals surface area contributed by atoms with Gasteiger partial charge in [0.2, 0.25) is 0 Å². The number of hydrogen-bond acceptors (Lipinski definition) is 3. The van der Waals surface area contributed by atoms with E-state index < -0.39 is 0 Å². The minimum absolute atomic E-state index is 0.0911. The maximum Gasteiger partial charge on any atom is 0.159 e. The van der Waals surface area contributed by atoms with Crippen molar-refractivity contribution in [1.29, 1.82) is 0 Å². The topological polar surface area (TPSA) is 29.5 Å². The van der Waals surface area contributed by atoms with Crippen molar-refractivity contribution in [1.82, 2.24) is 0 Å². The molecule has 1 aliphatic heterocycles. The monoisotopic (exact) mass is 297 g/mol. The zero-order valence-corrected chi connectivity index (χ0v) is 11.7. The van der Waals surface area contributed by atoms with E-state index in [1.165, 1.54) is 0 Å². The van der Waals surface area contributed by atoms with E-state index in [0.29, 0.717) is 6.10 Å². The molecule has 92 valence electrons. The maximum atomic E-state index is 11.3. The average Bonchev–Trinajstić information content (AvgIpc) is 2.77. The van der Waals surface area contributed by atoms with Crippen LogP contribution in [-0.4, -0.2) is 32.1 Å². The van der Waals surface area contributed by atoms with Crippen LogP contribution in [0, 0.1) is 0 Å². The van der Waals surface area contributed by atoms with Crippen molar-refractivity contribution in [3.05, 3.63) is 28.2 Å². The Morgan fingerprint density at radius 3 is 2.82 bits per heavy atom. The number of methoxy groups -OCH3 is 1. The summed E-state index contributed by atoms with van der Waals surface area (Å²) in [5, 5.41) is 0. The molecule has 1 fully saturated rings. The van der Waals surface area contributed by atoms with Gasteiger partial charge in [0.15, 0.2) is 5.78 Å². The molecule has 3 nitrogen and oxygen atoms in total. The molecule has 1 saturated heterocycles. The number of Topliss-reactive ketones (excluding diaryl/α,β-unsaturated/α-hetero) is 1. The molecule has 1 atom stereocenters. The largest absolute Gasteiger partial charge is 0.380 e. The summed E-state index contributed by atoms with van der Waals surface area (Å²) in [6, 6.07) is 5.76. The van der Waals surface area contributed by atoms with Crippen LogP contribution in [-0.2, 0) is 4.74 Å². The van der Waals surface area contributed by atoms with Crippen molar-refractivity contribution in [3.63, 3.8) is 0 Å². The zero-order chi connectivity index (χ0) is 12.4. The number of anilines is 1. The molecule has 1 aromatic rings. The second-order valence-corrected chi connectivity index (χ2v) is 5.17. The Balaban J connectivity index is 2.20. The van der Waals surface area contributed by atoms with Crippen LogP contribution in [0.3, 0.4) is 0 Å². The fraction of sp³-hybridized carbons (Fsp3) is 0.462. The van der Waals surface area contributed by atoms with Crippen LogP contribution in [0.25, 0.3) is 0 Å². The van der Waals surface area contributed by atoms with Crippen LogP contribution in [0.1, 0.15) is 23.7 Å². The van der Waals surface area contributed by atoms with Crippen LogP contribution >= 0.6 is 15.9 Å². The summed E-state index contributed by atoms with van der Waals surface area (Å²) < 4.78 is 6.33. The van der Waals surface area contributed by atoms with E-state index in [4.69, 9.17) is 4.74 Å². The van der Waals surface area contributed by atoms with Crippen molar-refractivity contribution in [2.24, 2.45) is 0 Å². The lowest BCUT2D eigenvalue weighted by atomic mass is 10.1. The van der Waals surface area contributed by atoms with Crippen molar-refractivity contribution in [2.75, 3.05) is 25.1 Å². The van der Waals surface area contributed by atoms with E-state index in [1.807, 2.05) is 18.2 Å². The average molecular weight is 298 g/mol. The van der Waals surface area contributed by atoms with Crippen molar-refractivity contribution < 1.29 is 9.53 Å². The number of carbonyl (C=O) groups excluding carboxylic acids is 1. The van der Waals surface area contributed by atoms with Gasteiger partial charge in [-0.3, -0.25) is 4.79 Å². The first-order valence-electron chi connectivity index (χ1n) is 5.70. The van der Waals surface area contributed by atoms with E-state index in [-0.39, 0.29) is 5.78 Å². The quantitative estimate of drug-likeness (QED) is 0.804. The Kier molecular flexibility index (Phi) is 3.84. The number of rotatable bonds is 3. The highest BCUT2D eigenvalue weighted by atomic mass is 79.9. The Bertz CT molecular complexity index is 433. The lowest BCUT2D eigenvalue weighted by Gasteiger charge is -2.20. The van der Waals surface area contributed by atoms with Crippen molar-refractivity contribution >= 4 is 27.4 Å². The smallest absolute Gasteiger partial charge is 0.159 e. The Morgan fingerprint density at radius 2 is 2.29 bits per heavy atom. The van der Waals surface area contributed by atoms with Gasteiger partial charge in [0.05, 0.1) is 11.8 Å². The predicted molar refractivity (Wildman–Crippen MR) is 71.8 cm³/mol. The molecule has 0 aromatic heterocycles. The molecular formula is C13H16BrNO2. The summed E-state index contributed by atoms with van der Waals surface area (Å²) in [5.74, 6) is 0.0911. The third kappa shape index (κ3) is 2.69. The molecule has 1 unspecified atom stereocenters. The molecule has 0 saturated carbocycles. The normalized spacial score (nSPS) is 19.7. The summed E-state index contributed by atoms with van der Waals surface area (Å²) in [4.78, 5) is 13.6. The number of ketones is 1. The summed E-state index contributed by atoms with van der Waals surface area (Å²) in [5.41, 5.74) is 1.87. The van der Waals surface area contributed by atoms with E-state index in [0.717, 1.165) is 35.2 Å². The van der Waals surface area contributed by atoms with Crippen molar-refractivity contribution in [3.8, 4) is 0 Å². The van der Waals surface area contributed by atoms with Crippen LogP contribution in [0.5, 0.6) is 0 Å². The van der Waals surface area contributed by atoms with Crippen LogP contribution in [0.2, 0.25) is 0 Å². The molecule has 17 heavy (non-hydrogen) atoms. The lowest BCUT2D eigenvalue weighted by Crippen LogP contribution is -2.22. The number of carbonyl (C=O) groups is 1. The Labute approximate surface area is 110 Å². The SMILES string of the molecule is COC1CCN(c2ccc(C(C)=O)cc2Br)C1. The van der Waals surface area contributed by atoms with Gasteiger partial charge < -0.3 is 9.64 Å². The van der Waals surface area contributed by atoms with Gasteiger partial charge in [-0.15, -0.1) is 0 Å². The van der Waals surface area contributed by atoms with Gasteiger partial charge in [-0.1, -0.05) is 0 Å². The number of benzene rings is 1. The fourth-order valence-corrected chi connectivity index (χ4v) is 2.75. The van der Waals surface area contributed by atoms with Crippen molar-refractivity contribution in [2.45, 2.75) is 19.4 Å². The number of hydrogen-bond donors (Lipinski definition) is 0. The van der Waals surface area contributed by atoms with Gasteiger partial charge >= 0.3 is 0 Å². The molecule has 2 rings (SSSR count). The molecule has 4 heteroatoms. The molecule has 0 N–H and O–H groups in total.